The summed E-state index contributed by atoms with van der Waals surface area (Å²) in [6.45, 7) is 4.38. The van der Waals surface area contributed by atoms with E-state index >= 15 is 0 Å². The molecule has 0 aliphatic heterocycles. The van der Waals surface area contributed by atoms with E-state index < -0.39 is 0 Å². The van der Waals surface area contributed by atoms with Crippen molar-refractivity contribution < 1.29 is 0 Å². The molecule has 1 aromatic heterocycles. The molecule has 0 atom stereocenters. The van der Waals surface area contributed by atoms with Gasteiger partial charge in [-0.2, -0.15) is 0 Å². The van der Waals surface area contributed by atoms with Crippen molar-refractivity contribution in [3.05, 3.63) is 29.6 Å². The molecule has 0 amide bonds. The molecule has 1 heterocycles. The predicted octanol–water partition coefficient (Wildman–Crippen LogP) is 3.10. The van der Waals surface area contributed by atoms with E-state index in [1.807, 2.05) is 6.20 Å². The third-order valence-electron chi connectivity index (χ3n) is 1.64. The summed E-state index contributed by atoms with van der Waals surface area (Å²) in [6.07, 6.45) is 1.87. The highest BCUT2D eigenvalue weighted by molar-refractivity contribution is 9.08. The van der Waals surface area contributed by atoms with E-state index in [1.165, 1.54) is 5.56 Å². The van der Waals surface area contributed by atoms with Crippen LogP contribution in [-0.4, -0.2) is 4.98 Å². The van der Waals surface area contributed by atoms with E-state index in [-0.39, 0.29) is 0 Å². The van der Waals surface area contributed by atoms with Crippen molar-refractivity contribution in [1.29, 1.82) is 0 Å². The van der Waals surface area contributed by atoms with Gasteiger partial charge in [0.2, 0.25) is 0 Å². The second-order valence-corrected chi connectivity index (χ2v) is 3.43. The third kappa shape index (κ3) is 2.29. The summed E-state index contributed by atoms with van der Waals surface area (Å²) < 4.78 is 0. The maximum Gasteiger partial charge on any atom is 0.0511 e. The first-order valence-electron chi connectivity index (χ1n) is 3.75. The number of halogens is 1. The molecule has 0 N–H and O–H groups in total. The Bertz CT molecular complexity index is 233. The zero-order valence-electron chi connectivity index (χ0n) is 6.84. The van der Waals surface area contributed by atoms with Gasteiger partial charge in [0.05, 0.1) is 5.69 Å². The van der Waals surface area contributed by atoms with Crippen molar-refractivity contribution in [2.45, 2.75) is 25.1 Å². The normalized spacial score (nSPS) is 10.5. The monoisotopic (exact) mass is 213 g/mol. The first-order chi connectivity index (χ1) is 5.24. The molecule has 0 bridgehead atoms. The Morgan fingerprint density at radius 1 is 1.55 bits per heavy atom. The molecule has 1 aromatic rings. The van der Waals surface area contributed by atoms with Crippen LogP contribution in [0.1, 0.15) is 31.0 Å². The Kier molecular flexibility index (Phi) is 3.06. The molecule has 0 aliphatic rings. The van der Waals surface area contributed by atoms with Gasteiger partial charge in [0.15, 0.2) is 0 Å². The Morgan fingerprint density at radius 3 is 2.82 bits per heavy atom. The molecule has 2 heteroatoms. The van der Waals surface area contributed by atoms with Crippen molar-refractivity contribution >= 4 is 15.9 Å². The van der Waals surface area contributed by atoms with Crippen LogP contribution in [0.25, 0.3) is 0 Å². The van der Waals surface area contributed by atoms with Gasteiger partial charge in [-0.15, -0.1) is 0 Å². The van der Waals surface area contributed by atoms with Crippen LogP contribution in [0, 0.1) is 0 Å². The highest BCUT2D eigenvalue weighted by atomic mass is 79.9. The van der Waals surface area contributed by atoms with Crippen LogP contribution in [0.5, 0.6) is 0 Å². The minimum Gasteiger partial charge on any atom is -0.260 e. The number of nitrogens with zero attached hydrogens (tertiary/aromatic N) is 1. The van der Waals surface area contributed by atoms with Crippen LogP contribution >= 0.6 is 15.9 Å². The van der Waals surface area contributed by atoms with E-state index in [9.17, 15) is 0 Å². The Morgan fingerprint density at radius 2 is 2.27 bits per heavy atom. The highest BCUT2D eigenvalue weighted by Gasteiger charge is 1.99. The van der Waals surface area contributed by atoms with Crippen LogP contribution in [-0.2, 0) is 5.33 Å². The predicted molar refractivity (Wildman–Crippen MR) is 51.0 cm³/mol. The average Bonchev–Trinajstić information content (AvgIpc) is 2.05. The first kappa shape index (κ1) is 8.72. The molecule has 0 saturated heterocycles. The van der Waals surface area contributed by atoms with Gasteiger partial charge in [-0.05, 0) is 23.6 Å². The summed E-state index contributed by atoms with van der Waals surface area (Å²) in [4.78, 5) is 4.19. The van der Waals surface area contributed by atoms with Gasteiger partial charge >= 0.3 is 0 Å². The maximum absolute atomic E-state index is 4.19. The third-order valence-corrected chi connectivity index (χ3v) is 2.22. The van der Waals surface area contributed by atoms with Gasteiger partial charge in [0, 0.05) is 11.5 Å². The summed E-state index contributed by atoms with van der Waals surface area (Å²) >= 11 is 3.38. The number of alkyl halides is 1. The van der Waals surface area contributed by atoms with Gasteiger partial charge in [-0.1, -0.05) is 29.8 Å². The number of rotatable bonds is 2. The zero-order valence-corrected chi connectivity index (χ0v) is 8.43. The van der Waals surface area contributed by atoms with E-state index in [2.05, 4.69) is 46.9 Å². The van der Waals surface area contributed by atoms with Gasteiger partial charge in [-0.3, -0.25) is 4.98 Å². The molecular formula is C9H12BrN. The second-order valence-electron chi connectivity index (χ2n) is 2.87. The fraction of sp³-hybridized carbons (Fsp3) is 0.444. The molecule has 1 nitrogen and oxygen atoms in total. The summed E-state index contributed by atoms with van der Waals surface area (Å²) in [5.74, 6) is 0.593. The van der Waals surface area contributed by atoms with Crippen LogP contribution in [0.2, 0.25) is 0 Å². The van der Waals surface area contributed by atoms with Crippen molar-refractivity contribution in [2.24, 2.45) is 0 Å². The van der Waals surface area contributed by atoms with E-state index in [0.29, 0.717) is 5.92 Å². The number of hydrogen-bond acceptors (Lipinski definition) is 1. The SMILES string of the molecule is CC(C)c1ccnc(CBr)c1. The Labute approximate surface area is 76.0 Å². The van der Waals surface area contributed by atoms with E-state index in [4.69, 9.17) is 0 Å². The van der Waals surface area contributed by atoms with Crippen LogP contribution in [0.15, 0.2) is 18.3 Å². The summed E-state index contributed by atoms with van der Waals surface area (Å²) in [5.41, 5.74) is 2.46. The fourth-order valence-electron chi connectivity index (χ4n) is 0.929. The minimum atomic E-state index is 0.593. The first-order valence-corrected chi connectivity index (χ1v) is 4.87. The molecule has 60 valence electrons. The summed E-state index contributed by atoms with van der Waals surface area (Å²) in [6, 6.07) is 4.20. The standard InChI is InChI=1S/C9H12BrN/c1-7(2)8-3-4-11-9(5-8)6-10/h3-5,7H,6H2,1-2H3. The highest BCUT2D eigenvalue weighted by Crippen LogP contribution is 2.14. The summed E-state index contributed by atoms with van der Waals surface area (Å²) in [5, 5.41) is 0.841. The van der Waals surface area contributed by atoms with E-state index in [1.54, 1.807) is 0 Å². The zero-order chi connectivity index (χ0) is 8.27. The lowest BCUT2D eigenvalue weighted by Crippen LogP contribution is -1.91. The van der Waals surface area contributed by atoms with Crippen LogP contribution in [0.3, 0.4) is 0 Å². The molecule has 0 radical (unpaired) electrons. The van der Waals surface area contributed by atoms with E-state index in [0.717, 1.165) is 11.0 Å². The minimum absolute atomic E-state index is 0.593. The van der Waals surface area contributed by atoms with Gasteiger partial charge in [-0.25, -0.2) is 0 Å². The summed E-state index contributed by atoms with van der Waals surface area (Å²) in [7, 11) is 0. The quantitative estimate of drug-likeness (QED) is 0.689. The Balaban J connectivity index is 2.91. The van der Waals surface area contributed by atoms with Gasteiger partial charge in [0.1, 0.15) is 0 Å². The van der Waals surface area contributed by atoms with Crippen molar-refractivity contribution in [3.8, 4) is 0 Å². The van der Waals surface area contributed by atoms with Crippen molar-refractivity contribution in [3.63, 3.8) is 0 Å². The number of hydrogen-bond donors (Lipinski definition) is 0. The average molecular weight is 214 g/mol. The van der Waals surface area contributed by atoms with Crippen LogP contribution in [0.4, 0.5) is 0 Å². The van der Waals surface area contributed by atoms with Gasteiger partial charge in [0.25, 0.3) is 0 Å². The topological polar surface area (TPSA) is 12.9 Å². The molecule has 11 heavy (non-hydrogen) atoms. The molecule has 0 unspecified atom stereocenters. The van der Waals surface area contributed by atoms with Crippen molar-refractivity contribution in [1.82, 2.24) is 4.98 Å². The van der Waals surface area contributed by atoms with Crippen molar-refractivity contribution in [2.75, 3.05) is 0 Å². The maximum atomic E-state index is 4.19. The fourth-order valence-corrected chi connectivity index (χ4v) is 1.24. The molecule has 0 aromatic carbocycles. The molecule has 1 rings (SSSR count). The molecule has 0 saturated carbocycles. The molecule has 0 aliphatic carbocycles. The number of aromatic nitrogens is 1. The smallest absolute Gasteiger partial charge is 0.0511 e. The molecule has 0 fully saturated rings. The van der Waals surface area contributed by atoms with Gasteiger partial charge < -0.3 is 0 Å². The lowest BCUT2D eigenvalue weighted by molar-refractivity contribution is 0.859. The lowest BCUT2D eigenvalue weighted by Gasteiger charge is -2.04. The molecule has 0 spiro atoms. The number of pyridine rings is 1. The molecular weight excluding hydrogens is 202 g/mol. The second kappa shape index (κ2) is 3.86. The van der Waals surface area contributed by atoms with Crippen LogP contribution < -0.4 is 0 Å². The lowest BCUT2D eigenvalue weighted by atomic mass is 10.0. The largest absolute Gasteiger partial charge is 0.260 e. The Hall–Kier alpha value is -0.370.